The average Bonchev–Trinajstić information content (AvgIpc) is 2.70. The lowest BCUT2D eigenvalue weighted by Crippen LogP contribution is -2.38. The predicted molar refractivity (Wildman–Crippen MR) is 116 cm³/mol. The Morgan fingerprint density at radius 3 is 2.45 bits per heavy atom. The largest absolute Gasteiger partial charge is 0.481 e. The number of hydrogen-bond donors (Lipinski definition) is 1. The van der Waals surface area contributed by atoms with Crippen LogP contribution in [0.5, 0.6) is 0 Å². The maximum atomic E-state index is 12.6. The summed E-state index contributed by atoms with van der Waals surface area (Å²) in [5.74, 6) is -0.793. The maximum absolute atomic E-state index is 12.6. The standard InChI is InChI=1S/C25H32FNO2/c1-16-7-9-20(10-8-16)25-19(4)23-15-27(17(2)6-5-12-26)13-11-21(23)18(3)22(25)14-24(28)29/h7-10,17H,5-6,11-15H2,1-4H3,(H,28,29). The lowest BCUT2D eigenvalue weighted by Gasteiger charge is -2.36. The van der Waals surface area contributed by atoms with Crippen LogP contribution in [0, 0.1) is 20.8 Å². The van der Waals surface area contributed by atoms with Gasteiger partial charge in [0.2, 0.25) is 0 Å². The maximum Gasteiger partial charge on any atom is 0.307 e. The number of alkyl halides is 1. The summed E-state index contributed by atoms with van der Waals surface area (Å²) in [6, 6.07) is 8.71. The number of aryl methyl sites for hydroxylation is 1. The van der Waals surface area contributed by atoms with Crippen LogP contribution in [0.2, 0.25) is 0 Å². The molecular formula is C25H32FNO2. The van der Waals surface area contributed by atoms with Crippen LogP contribution in [0.15, 0.2) is 24.3 Å². The van der Waals surface area contributed by atoms with Crippen molar-refractivity contribution in [3.8, 4) is 11.1 Å². The van der Waals surface area contributed by atoms with Crippen LogP contribution in [0.1, 0.15) is 53.1 Å². The third-order valence-electron chi connectivity index (χ3n) is 6.46. The Kier molecular flexibility index (Phi) is 6.74. The second-order valence-corrected chi connectivity index (χ2v) is 8.40. The van der Waals surface area contributed by atoms with E-state index in [1.807, 2.05) is 0 Å². The fourth-order valence-corrected chi connectivity index (χ4v) is 4.70. The number of benzene rings is 2. The van der Waals surface area contributed by atoms with Crippen LogP contribution >= 0.6 is 0 Å². The molecule has 0 amide bonds. The molecule has 1 atom stereocenters. The first kappa shape index (κ1) is 21.5. The predicted octanol–water partition coefficient (Wildman–Crippen LogP) is 5.40. The van der Waals surface area contributed by atoms with E-state index in [4.69, 9.17) is 0 Å². The van der Waals surface area contributed by atoms with Crippen molar-refractivity contribution in [2.24, 2.45) is 0 Å². The zero-order valence-electron chi connectivity index (χ0n) is 18.0. The van der Waals surface area contributed by atoms with E-state index < -0.39 is 5.97 Å². The first-order valence-electron chi connectivity index (χ1n) is 10.6. The van der Waals surface area contributed by atoms with Gasteiger partial charge in [0, 0.05) is 19.1 Å². The number of rotatable bonds is 7. The molecule has 0 spiro atoms. The highest BCUT2D eigenvalue weighted by Crippen LogP contribution is 2.38. The minimum atomic E-state index is -0.793. The van der Waals surface area contributed by atoms with Gasteiger partial charge < -0.3 is 5.11 Å². The van der Waals surface area contributed by atoms with Gasteiger partial charge in [-0.3, -0.25) is 14.1 Å². The molecule has 2 aromatic rings. The smallest absolute Gasteiger partial charge is 0.307 e. The summed E-state index contributed by atoms with van der Waals surface area (Å²) in [4.78, 5) is 14.1. The lowest BCUT2D eigenvalue weighted by molar-refractivity contribution is -0.136. The minimum Gasteiger partial charge on any atom is -0.481 e. The van der Waals surface area contributed by atoms with Gasteiger partial charge in [0.05, 0.1) is 13.1 Å². The molecule has 156 valence electrons. The number of carbonyl (C=O) groups is 1. The molecule has 1 aliphatic heterocycles. The van der Waals surface area contributed by atoms with E-state index in [9.17, 15) is 14.3 Å². The van der Waals surface area contributed by atoms with E-state index in [1.54, 1.807) is 0 Å². The highest BCUT2D eigenvalue weighted by molar-refractivity contribution is 5.81. The molecule has 1 N–H and O–H groups in total. The number of fused-ring (bicyclic) bond motifs is 1. The second kappa shape index (κ2) is 9.08. The molecule has 4 heteroatoms. The van der Waals surface area contributed by atoms with E-state index in [1.165, 1.54) is 22.3 Å². The zero-order chi connectivity index (χ0) is 21.1. The molecule has 0 radical (unpaired) electrons. The Balaban J connectivity index is 2.10. The van der Waals surface area contributed by atoms with E-state index >= 15 is 0 Å². The van der Waals surface area contributed by atoms with Crippen LogP contribution in [-0.4, -0.2) is 35.2 Å². The number of nitrogens with zero attached hydrogens (tertiary/aromatic N) is 1. The van der Waals surface area contributed by atoms with Crippen LogP contribution in [-0.2, 0) is 24.2 Å². The summed E-state index contributed by atoms with van der Waals surface area (Å²) in [6.45, 7) is 9.99. The number of carboxylic acids is 1. The normalized spacial score (nSPS) is 15.2. The number of hydrogen-bond acceptors (Lipinski definition) is 2. The molecular weight excluding hydrogens is 365 g/mol. The van der Waals surface area contributed by atoms with Gasteiger partial charge in [-0.25, -0.2) is 0 Å². The Labute approximate surface area is 173 Å². The molecule has 1 heterocycles. The Hall–Kier alpha value is -2.20. The van der Waals surface area contributed by atoms with Crippen molar-refractivity contribution in [3.05, 3.63) is 57.6 Å². The molecule has 0 saturated heterocycles. The van der Waals surface area contributed by atoms with Gasteiger partial charge in [0.15, 0.2) is 0 Å². The quantitative estimate of drug-likeness (QED) is 0.680. The first-order chi connectivity index (χ1) is 13.8. The Morgan fingerprint density at radius 2 is 1.83 bits per heavy atom. The molecule has 3 nitrogen and oxygen atoms in total. The first-order valence-corrected chi connectivity index (χ1v) is 10.6. The Morgan fingerprint density at radius 1 is 1.14 bits per heavy atom. The molecule has 3 rings (SSSR count). The topological polar surface area (TPSA) is 40.5 Å². The monoisotopic (exact) mass is 397 g/mol. The summed E-state index contributed by atoms with van der Waals surface area (Å²) in [7, 11) is 0. The number of carboxylic acid groups (broad SMARTS) is 1. The highest BCUT2D eigenvalue weighted by Gasteiger charge is 2.27. The molecule has 0 saturated carbocycles. The van der Waals surface area contributed by atoms with Crippen molar-refractivity contribution in [3.63, 3.8) is 0 Å². The molecule has 1 aliphatic rings. The lowest BCUT2D eigenvalue weighted by atomic mass is 9.80. The van der Waals surface area contributed by atoms with Crippen molar-refractivity contribution in [2.45, 2.75) is 66.0 Å². The molecule has 29 heavy (non-hydrogen) atoms. The van der Waals surface area contributed by atoms with Gasteiger partial charge in [-0.05, 0) is 85.9 Å². The van der Waals surface area contributed by atoms with Gasteiger partial charge in [0.25, 0.3) is 0 Å². The van der Waals surface area contributed by atoms with Crippen LogP contribution < -0.4 is 0 Å². The van der Waals surface area contributed by atoms with E-state index in [-0.39, 0.29) is 13.1 Å². The number of aliphatic carboxylic acids is 1. The zero-order valence-corrected chi connectivity index (χ0v) is 18.0. The van der Waals surface area contributed by atoms with Crippen molar-refractivity contribution in [1.82, 2.24) is 4.90 Å². The van der Waals surface area contributed by atoms with Crippen molar-refractivity contribution in [1.29, 1.82) is 0 Å². The highest BCUT2D eigenvalue weighted by atomic mass is 19.1. The van der Waals surface area contributed by atoms with Crippen molar-refractivity contribution < 1.29 is 14.3 Å². The van der Waals surface area contributed by atoms with Gasteiger partial charge in [-0.1, -0.05) is 29.8 Å². The minimum absolute atomic E-state index is 0.0414. The molecule has 0 aromatic heterocycles. The molecule has 0 bridgehead atoms. The molecule has 1 unspecified atom stereocenters. The summed E-state index contributed by atoms with van der Waals surface area (Å²) in [5.41, 5.74) is 9.23. The van der Waals surface area contributed by atoms with Crippen molar-refractivity contribution in [2.75, 3.05) is 13.2 Å². The Bertz CT molecular complexity index is 889. The van der Waals surface area contributed by atoms with E-state index in [2.05, 4.69) is 56.9 Å². The van der Waals surface area contributed by atoms with Crippen LogP contribution in [0.25, 0.3) is 11.1 Å². The van der Waals surface area contributed by atoms with Crippen LogP contribution in [0.4, 0.5) is 4.39 Å². The van der Waals surface area contributed by atoms with Gasteiger partial charge in [-0.2, -0.15) is 0 Å². The van der Waals surface area contributed by atoms with Crippen molar-refractivity contribution >= 4 is 5.97 Å². The van der Waals surface area contributed by atoms with E-state index in [0.717, 1.165) is 48.2 Å². The average molecular weight is 398 g/mol. The second-order valence-electron chi connectivity index (χ2n) is 8.40. The summed E-state index contributed by atoms with van der Waals surface area (Å²) < 4.78 is 12.6. The van der Waals surface area contributed by atoms with E-state index in [0.29, 0.717) is 12.5 Å². The third-order valence-corrected chi connectivity index (χ3v) is 6.46. The molecule has 0 aliphatic carbocycles. The van der Waals surface area contributed by atoms with Crippen LogP contribution in [0.3, 0.4) is 0 Å². The molecule has 0 fully saturated rings. The molecule has 2 aromatic carbocycles. The summed E-state index contributed by atoms with van der Waals surface area (Å²) in [6.07, 6.45) is 2.43. The summed E-state index contributed by atoms with van der Waals surface area (Å²) in [5, 5.41) is 9.56. The fourth-order valence-electron chi connectivity index (χ4n) is 4.70. The third kappa shape index (κ3) is 4.53. The van der Waals surface area contributed by atoms with Gasteiger partial charge >= 0.3 is 5.97 Å². The fraction of sp³-hybridized carbons (Fsp3) is 0.480. The van der Waals surface area contributed by atoms with Gasteiger partial charge in [0.1, 0.15) is 0 Å². The number of halogens is 1. The summed E-state index contributed by atoms with van der Waals surface area (Å²) >= 11 is 0. The van der Waals surface area contributed by atoms with Gasteiger partial charge in [-0.15, -0.1) is 0 Å². The SMILES string of the molecule is Cc1ccc(-c2c(C)c3c(c(C)c2CC(=O)O)CCN(C(C)CCCF)C3)cc1.